The number of hydrogen-bond donors (Lipinski definition) is 1. The highest BCUT2D eigenvalue weighted by Gasteiger charge is 2.23. The van der Waals surface area contributed by atoms with Gasteiger partial charge in [-0.1, -0.05) is 13.8 Å². The van der Waals surface area contributed by atoms with E-state index in [0.29, 0.717) is 18.0 Å². The number of morpholine rings is 1. The summed E-state index contributed by atoms with van der Waals surface area (Å²) in [4.78, 5) is 2.20. The number of nitrogens with one attached hydrogen (secondary N) is 1. The van der Waals surface area contributed by atoms with E-state index in [0.717, 1.165) is 19.8 Å². The molecular weight excluding hydrogens is 164 g/mol. The molecule has 3 nitrogen and oxygen atoms in total. The van der Waals surface area contributed by atoms with Crippen LogP contribution in [0.5, 0.6) is 0 Å². The summed E-state index contributed by atoms with van der Waals surface area (Å²) in [6.07, 6.45) is 0. The highest BCUT2D eigenvalue weighted by molar-refractivity contribution is 4.81. The zero-order valence-electron chi connectivity index (χ0n) is 9.21. The van der Waals surface area contributed by atoms with Gasteiger partial charge in [0.25, 0.3) is 0 Å². The number of rotatable bonds is 3. The molecule has 0 aromatic rings. The van der Waals surface area contributed by atoms with Gasteiger partial charge in [0.05, 0.1) is 13.2 Å². The molecule has 1 heterocycles. The fourth-order valence-corrected chi connectivity index (χ4v) is 1.67. The normalized spacial score (nSPS) is 30.0. The molecule has 1 unspecified atom stereocenters. The molecule has 78 valence electrons. The van der Waals surface area contributed by atoms with Crippen LogP contribution in [0.1, 0.15) is 13.8 Å². The molecule has 1 aliphatic heterocycles. The molecule has 1 aliphatic rings. The van der Waals surface area contributed by atoms with Crippen LogP contribution in [-0.4, -0.2) is 50.8 Å². The van der Waals surface area contributed by atoms with Crippen molar-refractivity contribution in [2.45, 2.75) is 25.9 Å². The minimum absolute atomic E-state index is 0.496. The van der Waals surface area contributed by atoms with Crippen LogP contribution < -0.4 is 5.32 Å². The fourth-order valence-electron chi connectivity index (χ4n) is 1.67. The van der Waals surface area contributed by atoms with Gasteiger partial charge in [0, 0.05) is 18.6 Å². The quantitative estimate of drug-likeness (QED) is 0.697. The second kappa shape index (κ2) is 4.94. The molecule has 1 rings (SSSR count). The first-order valence-electron chi connectivity index (χ1n) is 5.08. The van der Waals surface area contributed by atoms with E-state index in [1.165, 1.54) is 0 Å². The van der Waals surface area contributed by atoms with E-state index in [9.17, 15) is 0 Å². The lowest BCUT2D eigenvalue weighted by atomic mass is 10.0. The first-order chi connectivity index (χ1) is 6.09. The Morgan fingerprint density at radius 1 is 1.38 bits per heavy atom. The highest BCUT2D eigenvalue weighted by atomic mass is 16.5. The van der Waals surface area contributed by atoms with Crippen molar-refractivity contribution in [3.8, 4) is 0 Å². The lowest BCUT2D eigenvalue weighted by Crippen LogP contribution is -2.54. The summed E-state index contributed by atoms with van der Waals surface area (Å²) in [5.41, 5.74) is 0. The van der Waals surface area contributed by atoms with Crippen molar-refractivity contribution in [3.63, 3.8) is 0 Å². The van der Waals surface area contributed by atoms with Gasteiger partial charge in [-0.25, -0.2) is 0 Å². The van der Waals surface area contributed by atoms with Crippen molar-refractivity contribution in [1.29, 1.82) is 0 Å². The Morgan fingerprint density at radius 3 is 2.62 bits per heavy atom. The maximum atomic E-state index is 5.57. The second-order valence-corrected chi connectivity index (χ2v) is 4.51. The minimum atomic E-state index is 0.496. The SMILES string of the molecule is CC(C)C1COC[C@@H](CN(C)C)N1. The van der Waals surface area contributed by atoms with Crippen LogP contribution >= 0.6 is 0 Å². The summed E-state index contributed by atoms with van der Waals surface area (Å²) in [6.45, 7) is 7.24. The average molecular weight is 186 g/mol. The zero-order valence-corrected chi connectivity index (χ0v) is 9.21. The smallest absolute Gasteiger partial charge is 0.0633 e. The van der Waals surface area contributed by atoms with E-state index in [1.807, 2.05) is 0 Å². The Kier molecular flexibility index (Phi) is 4.16. The van der Waals surface area contributed by atoms with E-state index < -0.39 is 0 Å². The van der Waals surface area contributed by atoms with Crippen molar-refractivity contribution in [2.75, 3.05) is 33.9 Å². The third kappa shape index (κ3) is 3.63. The molecule has 1 saturated heterocycles. The van der Waals surface area contributed by atoms with Gasteiger partial charge in [-0.3, -0.25) is 0 Å². The summed E-state index contributed by atoms with van der Waals surface area (Å²) in [5, 5.41) is 3.62. The summed E-state index contributed by atoms with van der Waals surface area (Å²) < 4.78 is 5.57. The molecule has 13 heavy (non-hydrogen) atoms. The monoisotopic (exact) mass is 186 g/mol. The molecule has 1 N–H and O–H groups in total. The Bertz CT molecular complexity index is 148. The molecule has 0 radical (unpaired) electrons. The van der Waals surface area contributed by atoms with Crippen molar-refractivity contribution in [1.82, 2.24) is 10.2 Å². The van der Waals surface area contributed by atoms with Crippen LogP contribution in [0.3, 0.4) is 0 Å². The molecule has 3 heteroatoms. The highest BCUT2D eigenvalue weighted by Crippen LogP contribution is 2.08. The van der Waals surface area contributed by atoms with Gasteiger partial charge in [0.2, 0.25) is 0 Å². The Morgan fingerprint density at radius 2 is 2.08 bits per heavy atom. The van der Waals surface area contributed by atoms with Gasteiger partial charge >= 0.3 is 0 Å². The molecule has 0 bridgehead atoms. The molecule has 0 aromatic heterocycles. The third-order valence-electron chi connectivity index (χ3n) is 2.46. The molecule has 1 fully saturated rings. The summed E-state index contributed by atoms with van der Waals surface area (Å²) in [5.74, 6) is 0.657. The molecule has 0 aliphatic carbocycles. The summed E-state index contributed by atoms with van der Waals surface area (Å²) in [6, 6.07) is 1.02. The number of nitrogens with zero attached hydrogens (tertiary/aromatic N) is 1. The zero-order chi connectivity index (χ0) is 9.84. The van der Waals surface area contributed by atoms with Gasteiger partial charge in [-0.15, -0.1) is 0 Å². The Labute approximate surface area is 81.4 Å². The molecule has 2 atom stereocenters. The van der Waals surface area contributed by atoms with Crippen LogP contribution in [0, 0.1) is 5.92 Å². The maximum absolute atomic E-state index is 5.57. The predicted molar refractivity (Wildman–Crippen MR) is 54.9 cm³/mol. The summed E-state index contributed by atoms with van der Waals surface area (Å²) in [7, 11) is 4.20. The fraction of sp³-hybridized carbons (Fsp3) is 1.00. The van der Waals surface area contributed by atoms with Crippen molar-refractivity contribution in [3.05, 3.63) is 0 Å². The van der Waals surface area contributed by atoms with Crippen LogP contribution in [0.2, 0.25) is 0 Å². The lowest BCUT2D eigenvalue weighted by molar-refractivity contribution is 0.0252. The Balaban J connectivity index is 2.33. The van der Waals surface area contributed by atoms with E-state index in [-0.39, 0.29) is 0 Å². The van der Waals surface area contributed by atoms with Crippen molar-refractivity contribution < 1.29 is 4.74 Å². The van der Waals surface area contributed by atoms with Gasteiger partial charge in [-0.05, 0) is 20.0 Å². The van der Waals surface area contributed by atoms with E-state index in [1.54, 1.807) is 0 Å². The topological polar surface area (TPSA) is 24.5 Å². The van der Waals surface area contributed by atoms with E-state index in [4.69, 9.17) is 4.74 Å². The van der Waals surface area contributed by atoms with Gasteiger partial charge in [0.1, 0.15) is 0 Å². The summed E-state index contributed by atoms with van der Waals surface area (Å²) >= 11 is 0. The Hall–Kier alpha value is -0.120. The third-order valence-corrected chi connectivity index (χ3v) is 2.46. The standard InChI is InChI=1S/C10H22N2O/c1-8(2)10-7-13-6-9(11-10)5-12(3)4/h8-11H,5-7H2,1-4H3/t9-,10?/m1/s1. The molecule has 0 saturated carbocycles. The number of likely N-dealkylation sites (N-methyl/N-ethyl adjacent to an activating group) is 1. The van der Waals surface area contributed by atoms with Crippen LogP contribution in [-0.2, 0) is 4.74 Å². The molecule has 0 spiro atoms. The van der Waals surface area contributed by atoms with Gasteiger partial charge < -0.3 is 15.0 Å². The maximum Gasteiger partial charge on any atom is 0.0633 e. The minimum Gasteiger partial charge on any atom is -0.378 e. The van der Waals surface area contributed by atoms with Crippen molar-refractivity contribution in [2.24, 2.45) is 5.92 Å². The first-order valence-corrected chi connectivity index (χ1v) is 5.08. The van der Waals surface area contributed by atoms with Gasteiger partial charge in [-0.2, -0.15) is 0 Å². The second-order valence-electron chi connectivity index (χ2n) is 4.51. The van der Waals surface area contributed by atoms with Gasteiger partial charge in [0.15, 0.2) is 0 Å². The molecule has 0 amide bonds. The van der Waals surface area contributed by atoms with Crippen LogP contribution in [0.25, 0.3) is 0 Å². The van der Waals surface area contributed by atoms with Crippen LogP contribution in [0.15, 0.2) is 0 Å². The number of ether oxygens (including phenoxy) is 1. The number of hydrogen-bond acceptors (Lipinski definition) is 3. The van der Waals surface area contributed by atoms with E-state index in [2.05, 4.69) is 38.2 Å². The van der Waals surface area contributed by atoms with Crippen LogP contribution in [0.4, 0.5) is 0 Å². The average Bonchev–Trinajstić information content (AvgIpc) is 2.03. The molecule has 0 aromatic carbocycles. The van der Waals surface area contributed by atoms with Crippen molar-refractivity contribution >= 4 is 0 Å². The largest absolute Gasteiger partial charge is 0.378 e. The molecular formula is C10H22N2O. The predicted octanol–water partition coefficient (Wildman–Crippen LogP) is 0.561. The van der Waals surface area contributed by atoms with E-state index >= 15 is 0 Å². The first kappa shape index (κ1) is 11.0. The lowest BCUT2D eigenvalue weighted by Gasteiger charge is -2.34.